The molecule has 1 atom stereocenters. The van der Waals surface area contributed by atoms with E-state index in [-0.39, 0.29) is 30.0 Å². The Kier molecular flexibility index (Phi) is 8.53. The van der Waals surface area contributed by atoms with Crippen molar-refractivity contribution in [1.82, 2.24) is 20.0 Å². The lowest BCUT2D eigenvalue weighted by molar-refractivity contribution is -0.132. The molecule has 0 aliphatic carbocycles. The van der Waals surface area contributed by atoms with Crippen LogP contribution in [0, 0.1) is 5.82 Å². The van der Waals surface area contributed by atoms with Crippen molar-refractivity contribution in [2.75, 3.05) is 44.7 Å². The summed E-state index contributed by atoms with van der Waals surface area (Å²) in [5.74, 6) is 0.487. The highest BCUT2D eigenvalue weighted by atomic mass is 19.1. The number of anilines is 1. The van der Waals surface area contributed by atoms with Crippen molar-refractivity contribution >= 4 is 17.6 Å². The molecule has 2 heterocycles. The van der Waals surface area contributed by atoms with E-state index in [4.69, 9.17) is 4.74 Å². The largest absolute Gasteiger partial charge is 0.497 e. The lowest BCUT2D eigenvalue weighted by atomic mass is 10.1. The van der Waals surface area contributed by atoms with Crippen molar-refractivity contribution in [2.24, 2.45) is 0 Å². The molecule has 0 radical (unpaired) electrons. The van der Waals surface area contributed by atoms with Gasteiger partial charge in [-0.25, -0.2) is 4.39 Å². The number of halogens is 1. The number of aromatic nitrogens is 2. The number of hydrogen-bond acceptors (Lipinski definition) is 6. The van der Waals surface area contributed by atoms with Crippen molar-refractivity contribution in [3.8, 4) is 17.0 Å². The van der Waals surface area contributed by atoms with Crippen molar-refractivity contribution < 1.29 is 18.7 Å². The van der Waals surface area contributed by atoms with E-state index >= 15 is 0 Å². The van der Waals surface area contributed by atoms with Crippen LogP contribution in [0.15, 0.2) is 91.0 Å². The summed E-state index contributed by atoms with van der Waals surface area (Å²) in [6.07, 6.45) is 0. The molecule has 5 rings (SSSR count). The Morgan fingerprint density at radius 1 is 0.902 bits per heavy atom. The van der Waals surface area contributed by atoms with Gasteiger partial charge in [-0.05, 0) is 67.1 Å². The van der Waals surface area contributed by atoms with Crippen LogP contribution in [-0.4, -0.2) is 71.6 Å². The molecule has 1 fully saturated rings. The molecule has 9 heteroatoms. The minimum atomic E-state index is -0.495. The van der Waals surface area contributed by atoms with E-state index < -0.39 is 5.82 Å². The van der Waals surface area contributed by atoms with Gasteiger partial charge in [0.15, 0.2) is 5.82 Å². The summed E-state index contributed by atoms with van der Waals surface area (Å²) in [4.78, 5) is 32.3. The molecule has 1 saturated heterocycles. The van der Waals surface area contributed by atoms with Crippen molar-refractivity contribution in [1.29, 1.82) is 0 Å². The standard InChI is InChI=1S/C32H32FN5O3/c1-23(24-7-4-3-5-8-24)38(32(40)26-9-6-10-27(33)21-26)22-31(39)37-19-17-36(18-20-37)30-16-15-29(34-35-30)25-11-13-28(41-2)14-12-25/h3-16,21,23H,17-20,22H2,1-2H3/t23-/m0/s1. The summed E-state index contributed by atoms with van der Waals surface area (Å²) in [6, 6.07) is 26.2. The maximum Gasteiger partial charge on any atom is 0.254 e. The molecule has 0 unspecified atom stereocenters. The van der Waals surface area contributed by atoms with Crippen LogP contribution in [0.4, 0.5) is 10.2 Å². The third-order valence-corrected chi connectivity index (χ3v) is 7.38. The molecule has 0 spiro atoms. The molecular weight excluding hydrogens is 521 g/mol. The van der Waals surface area contributed by atoms with Crippen LogP contribution >= 0.6 is 0 Å². The van der Waals surface area contributed by atoms with Crippen molar-refractivity contribution in [2.45, 2.75) is 13.0 Å². The second-order valence-corrected chi connectivity index (χ2v) is 9.90. The Balaban J connectivity index is 1.24. The second kappa shape index (κ2) is 12.6. The number of benzene rings is 3. The Labute approximate surface area is 239 Å². The zero-order valence-electron chi connectivity index (χ0n) is 23.1. The number of carbonyl (C=O) groups is 2. The van der Waals surface area contributed by atoms with Crippen LogP contribution < -0.4 is 9.64 Å². The summed E-state index contributed by atoms with van der Waals surface area (Å²) in [5, 5.41) is 8.81. The first-order valence-electron chi connectivity index (χ1n) is 13.6. The fourth-order valence-electron chi connectivity index (χ4n) is 4.92. The van der Waals surface area contributed by atoms with E-state index in [1.54, 1.807) is 18.1 Å². The zero-order valence-corrected chi connectivity index (χ0v) is 23.1. The highest BCUT2D eigenvalue weighted by Crippen LogP contribution is 2.24. The molecule has 8 nitrogen and oxygen atoms in total. The normalized spacial score (nSPS) is 13.9. The first kappa shape index (κ1) is 27.8. The molecule has 0 bridgehead atoms. The number of nitrogens with zero attached hydrogens (tertiary/aromatic N) is 5. The van der Waals surface area contributed by atoms with Gasteiger partial charge < -0.3 is 19.4 Å². The minimum absolute atomic E-state index is 0.109. The van der Waals surface area contributed by atoms with Gasteiger partial charge in [0.1, 0.15) is 18.1 Å². The lowest BCUT2D eigenvalue weighted by Gasteiger charge is -2.37. The van der Waals surface area contributed by atoms with E-state index in [9.17, 15) is 14.0 Å². The van der Waals surface area contributed by atoms with Crippen LogP contribution in [0.2, 0.25) is 0 Å². The average molecular weight is 554 g/mol. The molecule has 3 aromatic carbocycles. The lowest BCUT2D eigenvalue weighted by Crippen LogP contribution is -2.52. The van der Waals surface area contributed by atoms with Gasteiger partial charge in [-0.2, -0.15) is 0 Å². The number of amides is 2. The van der Waals surface area contributed by atoms with Gasteiger partial charge in [-0.1, -0.05) is 36.4 Å². The van der Waals surface area contributed by atoms with Crippen LogP contribution in [-0.2, 0) is 4.79 Å². The summed E-state index contributed by atoms with van der Waals surface area (Å²) in [5.41, 5.74) is 2.82. The topological polar surface area (TPSA) is 78.9 Å². The highest BCUT2D eigenvalue weighted by molar-refractivity contribution is 5.96. The summed E-state index contributed by atoms with van der Waals surface area (Å²) in [6.45, 7) is 3.93. The van der Waals surface area contributed by atoms with Crippen LogP contribution in [0.5, 0.6) is 5.75 Å². The van der Waals surface area contributed by atoms with Crippen LogP contribution in [0.3, 0.4) is 0 Å². The third kappa shape index (κ3) is 6.51. The van der Waals surface area contributed by atoms with Gasteiger partial charge >= 0.3 is 0 Å². The number of rotatable bonds is 8. The summed E-state index contributed by atoms with van der Waals surface area (Å²) in [7, 11) is 1.63. The Bertz CT molecular complexity index is 1470. The molecule has 0 saturated carbocycles. The molecule has 210 valence electrons. The van der Waals surface area contributed by atoms with Crippen molar-refractivity contribution in [3.05, 3.63) is 108 Å². The first-order chi connectivity index (χ1) is 19.9. The molecule has 1 aliphatic rings. The number of methoxy groups -OCH3 is 1. The molecule has 1 aliphatic heterocycles. The molecule has 1 aromatic heterocycles. The molecule has 0 N–H and O–H groups in total. The molecule has 4 aromatic rings. The first-order valence-corrected chi connectivity index (χ1v) is 13.6. The van der Waals surface area contributed by atoms with Gasteiger partial charge in [0.25, 0.3) is 5.91 Å². The predicted molar refractivity (Wildman–Crippen MR) is 155 cm³/mol. The van der Waals surface area contributed by atoms with Gasteiger partial charge in [0.2, 0.25) is 5.91 Å². The number of hydrogen-bond donors (Lipinski definition) is 0. The van der Waals surface area contributed by atoms with Crippen LogP contribution in [0.1, 0.15) is 28.9 Å². The quantitative estimate of drug-likeness (QED) is 0.311. The molecule has 41 heavy (non-hydrogen) atoms. The maximum absolute atomic E-state index is 13.9. The van der Waals surface area contributed by atoms with Crippen molar-refractivity contribution in [3.63, 3.8) is 0 Å². The summed E-state index contributed by atoms with van der Waals surface area (Å²) >= 11 is 0. The van der Waals surface area contributed by atoms with E-state index in [0.29, 0.717) is 26.2 Å². The van der Waals surface area contributed by atoms with E-state index in [1.165, 1.54) is 23.1 Å². The third-order valence-electron chi connectivity index (χ3n) is 7.38. The van der Waals surface area contributed by atoms with Gasteiger partial charge in [0, 0.05) is 37.3 Å². The highest BCUT2D eigenvalue weighted by Gasteiger charge is 2.29. The van der Waals surface area contributed by atoms with Gasteiger partial charge in [-0.15, -0.1) is 10.2 Å². The van der Waals surface area contributed by atoms with Crippen LogP contribution in [0.25, 0.3) is 11.3 Å². The Morgan fingerprint density at radius 2 is 1.63 bits per heavy atom. The SMILES string of the molecule is COc1ccc(-c2ccc(N3CCN(C(=O)CN(C(=O)c4cccc(F)c4)[C@@H](C)c4ccccc4)CC3)nn2)cc1. The fraction of sp³-hybridized carbons (Fsp3) is 0.250. The zero-order chi connectivity index (χ0) is 28.8. The predicted octanol–water partition coefficient (Wildman–Crippen LogP) is 4.84. The summed E-state index contributed by atoms with van der Waals surface area (Å²) < 4.78 is 19.1. The second-order valence-electron chi connectivity index (χ2n) is 9.90. The Hall–Kier alpha value is -4.79. The molecule has 2 amide bonds. The Morgan fingerprint density at radius 3 is 2.27 bits per heavy atom. The minimum Gasteiger partial charge on any atom is -0.497 e. The average Bonchev–Trinajstić information content (AvgIpc) is 3.03. The van der Waals surface area contributed by atoms with E-state index in [2.05, 4.69) is 15.1 Å². The fourth-order valence-corrected chi connectivity index (χ4v) is 4.92. The number of ether oxygens (including phenoxy) is 1. The monoisotopic (exact) mass is 553 g/mol. The number of piperazine rings is 1. The smallest absolute Gasteiger partial charge is 0.254 e. The molecular formula is C32H32FN5O3. The van der Waals surface area contributed by atoms with Gasteiger partial charge in [-0.3, -0.25) is 9.59 Å². The van der Waals surface area contributed by atoms with E-state index in [0.717, 1.165) is 28.4 Å². The van der Waals surface area contributed by atoms with E-state index in [1.807, 2.05) is 73.7 Å². The number of carbonyl (C=O) groups excluding carboxylic acids is 2. The maximum atomic E-state index is 13.9. The van der Waals surface area contributed by atoms with Gasteiger partial charge in [0.05, 0.1) is 18.8 Å².